The molecule has 1 aromatic heterocycles. The van der Waals surface area contributed by atoms with E-state index in [4.69, 9.17) is 0 Å². The summed E-state index contributed by atoms with van der Waals surface area (Å²) in [5.41, 5.74) is 0. The maximum Gasteiger partial charge on any atom is 0.175 e. The number of thioether (sulfide) groups is 2. The summed E-state index contributed by atoms with van der Waals surface area (Å²) >= 11 is 5.12. The van der Waals surface area contributed by atoms with Gasteiger partial charge in [-0.05, 0) is 26.6 Å². The highest BCUT2D eigenvalue weighted by molar-refractivity contribution is 8.02. The molecule has 1 unspecified atom stereocenters. The standard InChI is InChI=1S/C8H15N3S3/c1-6(9-2)4-5-13-8-11-10-7(12-3)14-8/h6,9H,4-5H2,1-3H3. The van der Waals surface area contributed by atoms with Crippen molar-refractivity contribution >= 4 is 34.9 Å². The van der Waals surface area contributed by atoms with Crippen molar-refractivity contribution in [2.24, 2.45) is 0 Å². The first-order valence-electron chi connectivity index (χ1n) is 4.43. The molecule has 1 atom stereocenters. The van der Waals surface area contributed by atoms with Crippen molar-refractivity contribution in [3.63, 3.8) is 0 Å². The summed E-state index contributed by atoms with van der Waals surface area (Å²) in [6.45, 7) is 2.19. The van der Waals surface area contributed by atoms with Gasteiger partial charge in [-0.1, -0.05) is 34.9 Å². The van der Waals surface area contributed by atoms with Crippen LogP contribution in [0.5, 0.6) is 0 Å². The molecule has 6 heteroatoms. The van der Waals surface area contributed by atoms with Gasteiger partial charge in [0.2, 0.25) is 0 Å². The van der Waals surface area contributed by atoms with Gasteiger partial charge in [-0.3, -0.25) is 0 Å². The van der Waals surface area contributed by atoms with Crippen molar-refractivity contribution in [3.05, 3.63) is 0 Å². The lowest BCUT2D eigenvalue weighted by molar-refractivity contribution is 0.597. The number of hydrogen-bond donors (Lipinski definition) is 1. The molecule has 0 bridgehead atoms. The van der Waals surface area contributed by atoms with Crippen LogP contribution in [-0.4, -0.2) is 35.3 Å². The van der Waals surface area contributed by atoms with Crippen LogP contribution in [0.25, 0.3) is 0 Å². The van der Waals surface area contributed by atoms with E-state index in [1.54, 1.807) is 34.9 Å². The number of hydrogen-bond acceptors (Lipinski definition) is 6. The van der Waals surface area contributed by atoms with E-state index in [0.29, 0.717) is 6.04 Å². The van der Waals surface area contributed by atoms with Gasteiger partial charge in [-0.25, -0.2) is 0 Å². The average Bonchev–Trinajstić information content (AvgIpc) is 2.65. The Bertz CT molecular complexity index is 264. The predicted molar refractivity (Wildman–Crippen MR) is 65.6 cm³/mol. The fourth-order valence-corrected chi connectivity index (χ4v) is 3.44. The molecule has 0 fully saturated rings. The van der Waals surface area contributed by atoms with Crippen LogP contribution in [0.3, 0.4) is 0 Å². The Labute approximate surface area is 97.5 Å². The number of rotatable bonds is 6. The summed E-state index contributed by atoms with van der Waals surface area (Å²) in [4.78, 5) is 0. The van der Waals surface area contributed by atoms with Crippen molar-refractivity contribution in [1.82, 2.24) is 15.5 Å². The summed E-state index contributed by atoms with van der Waals surface area (Å²) in [7, 11) is 1.99. The lowest BCUT2D eigenvalue weighted by Gasteiger charge is -2.07. The lowest BCUT2D eigenvalue weighted by atomic mass is 10.3. The second-order valence-corrected chi connectivity index (χ2v) is 6.24. The molecule has 0 radical (unpaired) electrons. The van der Waals surface area contributed by atoms with Gasteiger partial charge >= 0.3 is 0 Å². The average molecular weight is 249 g/mol. The predicted octanol–water partition coefficient (Wildman–Crippen LogP) is 2.35. The topological polar surface area (TPSA) is 37.8 Å². The molecule has 0 saturated carbocycles. The summed E-state index contributed by atoms with van der Waals surface area (Å²) in [5.74, 6) is 1.10. The Morgan fingerprint density at radius 2 is 2.14 bits per heavy atom. The maximum atomic E-state index is 4.10. The molecule has 0 aromatic carbocycles. The molecule has 1 heterocycles. The Morgan fingerprint density at radius 3 is 2.71 bits per heavy atom. The van der Waals surface area contributed by atoms with Crippen LogP contribution in [0.4, 0.5) is 0 Å². The molecule has 0 amide bonds. The molecular formula is C8H15N3S3. The van der Waals surface area contributed by atoms with E-state index >= 15 is 0 Å². The van der Waals surface area contributed by atoms with Crippen LogP contribution in [0.15, 0.2) is 8.68 Å². The third-order valence-corrected chi connectivity index (χ3v) is 4.90. The van der Waals surface area contributed by atoms with Crippen LogP contribution in [0, 0.1) is 0 Å². The Hall–Kier alpha value is 0.220. The summed E-state index contributed by atoms with van der Waals surface area (Å²) in [6.07, 6.45) is 3.19. The first-order valence-corrected chi connectivity index (χ1v) is 7.46. The zero-order valence-corrected chi connectivity index (χ0v) is 11.1. The third-order valence-electron chi connectivity index (χ3n) is 1.83. The van der Waals surface area contributed by atoms with Gasteiger partial charge in [0, 0.05) is 11.8 Å². The Kier molecular flexibility index (Phi) is 5.84. The molecule has 80 valence electrons. The van der Waals surface area contributed by atoms with Crippen LogP contribution in [0.1, 0.15) is 13.3 Å². The van der Waals surface area contributed by atoms with E-state index < -0.39 is 0 Å². The first kappa shape index (κ1) is 12.3. The molecule has 1 rings (SSSR count). The second-order valence-electron chi connectivity index (χ2n) is 2.86. The highest BCUT2D eigenvalue weighted by atomic mass is 32.2. The lowest BCUT2D eigenvalue weighted by Crippen LogP contribution is -2.21. The highest BCUT2D eigenvalue weighted by Gasteiger charge is 2.04. The molecule has 0 aliphatic heterocycles. The Morgan fingerprint density at radius 1 is 1.43 bits per heavy atom. The van der Waals surface area contributed by atoms with Gasteiger partial charge in [0.05, 0.1) is 0 Å². The van der Waals surface area contributed by atoms with Crippen LogP contribution in [0.2, 0.25) is 0 Å². The molecule has 1 N–H and O–H groups in total. The fourth-order valence-electron chi connectivity index (χ4n) is 0.805. The fraction of sp³-hybridized carbons (Fsp3) is 0.750. The quantitative estimate of drug-likeness (QED) is 0.783. The van der Waals surface area contributed by atoms with E-state index in [-0.39, 0.29) is 0 Å². The largest absolute Gasteiger partial charge is 0.317 e. The SMILES string of the molecule is CNC(C)CCSc1nnc(SC)s1. The van der Waals surface area contributed by atoms with E-state index in [9.17, 15) is 0 Å². The minimum Gasteiger partial charge on any atom is -0.317 e. The summed E-state index contributed by atoms with van der Waals surface area (Å²) in [6, 6.07) is 0.579. The highest BCUT2D eigenvalue weighted by Crippen LogP contribution is 2.27. The first-order chi connectivity index (χ1) is 6.76. The van der Waals surface area contributed by atoms with Crippen molar-refractivity contribution in [1.29, 1.82) is 0 Å². The van der Waals surface area contributed by atoms with Gasteiger partial charge in [0.1, 0.15) is 0 Å². The minimum absolute atomic E-state index is 0.579. The maximum absolute atomic E-state index is 4.10. The molecule has 0 aliphatic carbocycles. The van der Waals surface area contributed by atoms with Gasteiger partial charge in [-0.2, -0.15) is 0 Å². The van der Waals surface area contributed by atoms with Gasteiger partial charge in [-0.15, -0.1) is 10.2 Å². The van der Waals surface area contributed by atoms with E-state index in [1.165, 1.54) is 0 Å². The zero-order valence-electron chi connectivity index (χ0n) is 8.61. The summed E-state index contributed by atoms with van der Waals surface area (Å²) in [5, 5.41) is 11.4. The molecule has 3 nitrogen and oxygen atoms in total. The monoisotopic (exact) mass is 249 g/mol. The zero-order chi connectivity index (χ0) is 10.4. The second kappa shape index (κ2) is 6.66. The Balaban J connectivity index is 2.24. The molecular weight excluding hydrogens is 234 g/mol. The van der Waals surface area contributed by atoms with E-state index in [0.717, 1.165) is 20.9 Å². The molecule has 0 saturated heterocycles. The normalized spacial score (nSPS) is 13.1. The number of aromatic nitrogens is 2. The van der Waals surface area contributed by atoms with E-state index in [1.807, 2.05) is 13.3 Å². The number of nitrogens with one attached hydrogen (secondary N) is 1. The minimum atomic E-state index is 0.579. The van der Waals surface area contributed by atoms with Gasteiger partial charge in [0.25, 0.3) is 0 Å². The van der Waals surface area contributed by atoms with Crippen molar-refractivity contribution in [3.8, 4) is 0 Å². The molecule has 0 spiro atoms. The van der Waals surface area contributed by atoms with Crippen molar-refractivity contribution in [2.75, 3.05) is 19.1 Å². The van der Waals surface area contributed by atoms with Gasteiger partial charge < -0.3 is 5.32 Å². The smallest absolute Gasteiger partial charge is 0.175 e. The summed E-state index contributed by atoms with van der Waals surface area (Å²) < 4.78 is 2.13. The molecule has 1 aromatic rings. The van der Waals surface area contributed by atoms with Crippen LogP contribution < -0.4 is 5.32 Å². The van der Waals surface area contributed by atoms with Crippen LogP contribution in [-0.2, 0) is 0 Å². The molecule has 0 aliphatic rings. The van der Waals surface area contributed by atoms with Crippen molar-refractivity contribution in [2.45, 2.75) is 28.1 Å². The van der Waals surface area contributed by atoms with Crippen LogP contribution >= 0.6 is 34.9 Å². The van der Waals surface area contributed by atoms with Gasteiger partial charge in [0.15, 0.2) is 8.68 Å². The van der Waals surface area contributed by atoms with Crippen molar-refractivity contribution < 1.29 is 0 Å². The molecule has 14 heavy (non-hydrogen) atoms. The number of nitrogens with zero attached hydrogens (tertiary/aromatic N) is 2. The van der Waals surface area contributed by atoms with E-state index in [2.05, 4.69) is 22.4 Å². The third kappa shape index (κ3) is 4.16.